The van der Waals surface area contributed by atoms with Gasteiger partial charge in [0.05, 0.1) is 19.6 Å². The number of fused-ring (bicyclic) bond motifs is 2. The molecule has 0 aromatic carbocycles. The number of esters is 1. The van der Waals surface area contributed by atoms with Gasteiger partial charge in [0.2, 0.25) is 0 Å². The topological polar surface area (TPSA) is 44.8 Å². The Hall–Kier alpha value is -0.870. The first kappa shape index (κ1) is 17.0. The van der Waals surface area contributed by atoms with E-state index in [2.05, 4.69) is 26.0 Å². The predicted molar refractivity (Wildman–Crippen MR) is 87.4 cm³/mol. The molecule has 0 aliphatic heterocycles. The summed E-state index contributed by atoms with van der Waals surface area (Å²) in [6.07, 6.45) is 8.40. The van der Waals surface area contributed by atoms with Crippen molar-refractivity contribution in [2.75, 3.05) is 13.7 Å². The molecule has 7 unspecified atom stereocenters. The molecule has 7 atom stereocenters. The van der Waals surface area contributed by atoms with E-state index in [-0.39, 0.29) is 17.8 Å². The minimum Gasteiger partial charge on any atom is -0.455 e. The van der Waals surface area contributed by atoms with E-state index in [9.17, 15) is 4.79 Å². The maximum Gasteiger partial charge on any atom is 0.310 e. The van der Waals surface area contributed by atoms with E-state index in [4.69, 9.17) is 14.5 Å². The maximum atomic E-state index is 13.0. The van der Waals surface area contributed by atoms with Crippen molar-refractivity contribution >= 4 is 5.97 Å². The molecule has 0 aromatic heterocycles. The molecule has 0 N–H and O–H groups in total. The van der Waals surface area contributed by atoms with Gasteiger partial charge in [-0.25, -0.2) is 9.78 Å². The van der Waals surface area contributed by atoms with Gasteiger partial charge in [-0.2, -0.15) is 0 Å². The molecule has 0 amide bonds. The highest BCUT2D eigenvalue weighted by Crippen LogP contribution is 2.58. The molecule has 3 aliphatic rings. The number of hydrogen-bond donors (Lipinski definition) is 0. The van der Waals surface area contributed by atoms with E-state index in [1.54, 1.807) is 0 Å². The molecule has 2 saturated carbocycles. The summed E-state index contributed by atoms with van der Waals surface area (Å²) in [7, 11) is 1.53. The Morgan fingerprint density at radius 2 is 2.00 bits per heavy atom. The zero-order valence-electron chi connectivity index (χ0n) is 14.8. The Labute approximate surface area is 139 Å². The van der Waals surface area contributed by atoms with E-state index in [1.165, 1.54) is 7.11 Å². The van der Waals surface area contributed by atoms with Gasteiger partial charge in [-0.3, -0.25) is 4.79 Å². The van der Waals surface area contributed by atoms with Crippen LogP contribution in [0.1, 0.15) is 46.5 Å². The summed E-state index contributed by atoms with van der Waals surface area (Å²) in [6.45, 7) is 7.11. The highest BCUT2D eigenvalue weighted by Gasteiger charge is 2.58. The van der Waals surface area contributed by atoms with E-state index < -0.39 is 5.60 Å². The van der Waals surface area contributed by atoms with Crippen LogP contribution in [0.3, 0.4) is 0 Å². The fourth-order valence-corrected chi connectivity index (χ4v) is 5.24. The lowest BCUT2D eigenvalue weighted by Crippen LogP contribution is -2.43. The van der Waals surface area contributed by atoms with Crippen LogP contribution in [-0.4, -0.2) is 25.3 Å². The smallest absolute Gasteiger partial charge is 0.310 e. The van der Waals surface area contributed by atoms with E-state index >= 15 is 0 Å². The number of allylic oxidation sites excluding steroid dienone is 1. The van der Waals surface area contributed by atoms with Crippen molar-refractivity contribution in [3.8, 4) is 0 Å². The summed E-state index contributed by atoms with van der Waals surface area (Å²) in [5, 5.41) is 0. The van der Waals surface area contributed by atoms with Crippen molar-refractivity contribution in [2.24, 2.45) is 35.5 Å². The monoisotopic (exact) mass is 322 g/mol. The van der Waals surface area contributed by atoms with E-state index in [1.807, 2.05) is 6.92 Å². The van der Waals surface area contributed by atoms with Gasteiger partial charge in [0.15, 0.2) is 0 Å². The van der Waals surface area contributed by atoms with Gasteiger partial charge in [-0.05, 0) is 62.4 Å². The molecule has 4 nitrogen and oxygen atoms in total. The van der Waals surface area contributed by atoms with Crippen LogP contribution in [0.4, 0.5) is 0 Å². The molecule has 0 spiro atoms. The average molecular weight is 322 g/mol. The van der Waals surface area contributed by atoms with Crippen LogP contribution >= 0.6 is 0 Å². The normalized spacial score (nSPS) is 45.4. The molecule has 3 aliphatic carbocycles. The lowest BCUT2D eigenvalue weighted by Gasteiger charge is -2.38. The summed E-state index contributed by atoms with van der Waals surface area (Å²) >= 11 is 0. The summed E-state index contributed by atoms with van der Waals surface area (Å²) in [5.74, 6) is 2.31. The molecule has 0 heterocycles. The molecule has 4 heteroatoms. The minimum absolute atomic E-state index is 0.0324. The zero-order chi connectivity index (χ0) is 16.6. The van der Waals surface area contributed by atoms with Gasteiger partial charge >= 0.3 is 5.97 Å². The maximum absolute atomic E-state index is 13.0. The van der Waals surface area contributed by atoms with E-state index in [0.29, 0.717) is 30.3 Å². The van der Waals surface area contributed by atoms with Crippen LogP contribution in [0.15, 0.2) is 12.2 Å². The molecule has 3 rings (SSSR count). The predicted octanol–water partition coefficient (Wildman–Crippen LogP) is 3.76. The van der Waals surface area contributed by atoms with Gasteiger partial charge in [0.25, 0.3) is 0 Å². The third-order valence-electron chi connectivity index (χ3n) is 6.70. The lowest BCUT2D eigenvalue weighted by atomic mass is 9.69. The van der Waals surface area contributed by atoms with Gasteiger partial charge < -0.3 is 4.74 Å². The average Bonchev–Trinajstić information content (AvgIpc) is 3.02. The first-order valence-corrected chi connectivity index (χ1v) is 9.03. The largest absolute Gasteiger partial charge is 0.455 e. The van der Waals surface area contributed by atoms with E-state index in [0.717, 1.165) is 25.7 Å². The summed E-state index contributed by atoms with van der Waals surface area (Å²) < 4.78 is 5.99. The van der Waals surface area contributed by atoms with Crippen molar-refractivity contribution in [3.05, 3.63) is 12.2 Å². The Kier molecular flexibility index (Phi) is 4.84. The molecule has 0 aromatic rings. The van der Waals surface area contributed by atoms with Crippen LogP contribution in [0.2, 0.25) is 0 Å². The Balaban J connectivity index is 1.74. The third-order valence-corrected chi connectivity index (χ3v) is 6.70. The number of carbonyl (C=O) groups is 1. The van der Waals surface area contributed by atoms with Crippen LogP contribution < -0.4 is 0 Å². The Morgan fingerprint density at radius 1 is 1.26 bits per heavy atom. The molecular formula is C19H30O4. The minimum atomic E-state index is -0.432. The summed E-state index contributed by atoms with van der Waals surface area (Å²) in [4.78, 5) is 23.0. The molecule has 0 saturated heterocycles. The van der Waals surface area contributed by atoms with Crippen LogP contribution in [-0.2, 0) is 19.3 Å². The second-order valence-electron chi connectivity index (χ2n) is 7.95. The fourth-order valence-electron chi connectivity index (χ4n) is 5.24. The number of rotatable bonds is 5. The number of hydrogen-bond acceptors (Lipinski definition) is 4. The Bertz CT molecular complexity index is 474. The third kappa shape index (κ3) is 3.08. The molecule has 2 bridgehead atoms. The second kappa shape index (κ2) is 6.56. The van der Waals surface area contributed by atoms with Crippen LogP contribution in [0.5, 0.6) is 0 Å². The molecule has 23 heavy (non-hydrogen) atoms. The summed E-state index contributed by atoms with van der Waals surface area (Å²) in [5.41, 5.74) is -0.432. The van der Waals surface area contributed by atoms with Crippen molar-refractivity contribution in [1.29, 1.82) is 0 Å². The van der Waals surface area contributed by atoms with Crippen LogP contribution in [0, 0.1) is 35.5 Å². The second-order valence-corrected chi connectivity index (χ2v) is 7.95. The highest BCUT2D eigenvalue weighted by molar-refractivity contribution is 5.75. The summed E-state index contributed by atoms with van der Waals surface area (Å²) in [6, 6.07) is 0. The molecule has 130 valence electrons. The zero-order valence-corrected chi connectivity index (χ0v) is 14.8. The van der Waals surface area contributed by atoms with Gasteiger partial charge in [0, 0.05) is 5.92 Å². The first-order valence-electron chi connectivity index (χ1n) is 9.03. The fraction of sp³-hybridized carbons (Fsp3) is 0.842. The quantitative estimate of drug-likeness (QED) is 0.334. The van der Waals surface area contributed by atoms with Crippen molar-refractivity contribution in [2.45, 2.75) is 52.1 Å². The standard InChI is InChI=1S/C19H30O4/c1-12-13(2)15-10-14(12)16(11-22-21-4)17(15)18(20)23-19(3)8-6-5-7-9-19/h6,8,12-17H,5,7,9-11H2,1-4H3. The van der Waals surface area contributed by atoms with Crippen molar-refractivity contribution < 1.29 is 19.3 Å². The first-order chi connectivity index (χ1) is 11.0. The molecule has 2 fully saturated rings. The van der Waals surface area contributed by atoms with Crippen LogP contribution in [0.25, 0.3) is 0 Å². The van der Waals surface area contributed by atoms with Gasteiger partial charge in [0.1, 0.15) is 5.60 Å². The van der Waals surface area contributed by atoms with Gasteiger partial charge in [-0.15, -0.1) is 0 Å². The van der Waals surface area contributed by atoms with Crippen molar-refractivity contribution in [1.82, 2.24) is 0 Å². The highest BCUT2D eigenvalue weighted by atomic mass is 17.2. The SMILES string of the molecule is COOCC1C2CC(C(C)C2C)C1C(=O)OC1(C)C=CCCC1. The lowest BCUT2D eigenvalue weighted by molar-refractivity contribution is -0.285. The van der Waals surface area contributed by atoms with Gasteiger partial charge in [-0.1, -0.05) is 19.9 Å². The Morgan fingerprint density at radius 3 is 2.65 bits per heavy atom. The van der Waals surface area contributed by atoms with Crippen molar-refractivity contribution in [3.63, 3.8) is 0 Å². The number of carbonyl (C=O) groups excluding carboxylic acids is 1. The molecule has 0 radical (unpaired) electrons. The number of ether oxygens (including phenoxy) is 1. The molecular weight excluding hydrogens is 292 g/mol.